The summed E-state index contributed by atoms with van der Waals surface area (Å²) in [6.45, 7) is 1.33. The number of carbonyl (C=O) groups is 2. The van der Waals surface area contributed by atoms with Gasteiger partial charge in [-0.15, -0.1) is 0 Å². The van der Waals surface area contributed by atoms with E-state index in [2.05, 4.69) is 10.6 Å². The fraction of sp³-hybridized carbons (Fsp3) is 0.500. The van der Waals surface area contributed by atoms with Crippen molar-refractivity contribution < 1.29 is 14.3 Å². The molecule has 21 heavy (non-hydrogen) atoms. The molecule has 2 amide bonds. The summed E-state index contributed by atoms with van der Waals surface area (Å²) in [5.74, 6) is -0.191. The van der Waals surface area contributed by atoms with E-state index in [9.17, 15) is 9.59 Å². The summed E-state index contributed by atoms with van der Waals surface area (Å²) in [6, 6.07) is 7.10. The lowest BCUT2D eigenvalue weighted by molar-refractivity contribution is 0.0857. The highest BCUT2D eigenvalue weighted by molar-refractivity contribution is 5.98. The molecule has 5 heteroatoms. The van der Waals surface area contributed by atoms with E-state index in [1.807, 2.05) is 0 Å². The molecule has 2 fully saturated rings. The second-order valence-electron chi connectivity index (χ2n) is 5.67. The van der Waals surface area contributed by atoms with Crippen LogP contribution in [-0.4, -0.2) is 37.1 Å². The summed E-state index contributed by atoms with van der Waals surface area (Å²) < 4.78 is 5.46. The van der Waals surface area contributed by atoms with Gasteiger partial charge in [-0.25, -0.2) is 0 Å². The molecule has 1 aliphatic heterocycles. The van der Waals surface area contributed by atoms with Crippen LogP contribution in [-0.2, 0) is 4.74 Å². The van der Waals surface area contributed by atoms with Gasteiger partial charge in [0, 0.05) is 30.3 Å². The summed E-state index contributed by atoms with van der Waals surface area (Å²) in [6.07, 6.45) is 4.33. The fourth-order valence-corrected chi connectivity index (χ4v) is 2.38. The van der Waals surface area contributed by atoms with Gasteiger partial charge in [0.25, 0.3) is 11.8 Å². The molecule has 1 heterocycles. The predicted molar refractivity (Wildman–Crippen MR) is 78.2 cm³/mol. The maximum atomic E-state index is 12.0. The maximum absolute atomic E-state index is 12.0. The van der Waals surface area contributed by atoms with Crippen molar-refractivity contribution in [3.63, 3.8) is 0 Å². The van der Waals surface area contributed by atoms with Crippen molar-refractivity contribution in [1.82, 2.24) is 10.6 Å². The molecule has 1 saturated heterocycles. The van der Waals surface area contributed by atoms with Gasteiger partial charge in [-0.2, -0.15) is 0 Å². The monoisotopic (exact) mass is 288 g/mol. The Bertz CT molecular complexity index is 517. The summed E-state index contributed by atoms with van der Waals surface area (Å²) in [7, 11) is 0. The molecule has 1 saturated carbocycles. The van der Waals surface area contributed by atoms with E-state index in [4.69, 9.17) is 4.74 Å². The number of rotatable bonds is 5. The first-order valence-corrected chi connectivity index (χ1v) is 7.53. The number of hydrogen-bond donors (Lipinski definition) is 2. The predicted octanol–water partition coefficient (Wildman–Crippen LogP) is 1.49. The van der Waals surface area contributed by atoms with Crippen LogP contribution < -0.4 is 10.6 Å². The van der Waals surface area contributed by atoms with Gasteiger partial charge < -0.3 is 15.4 Å². The van der Waals surface area contributed by atoms with Crippen LogP contribution in [0, 0.1) is 0 Å². The highest BCUT2D eigenvalue weighted by Gasteiger charge is 2.23. The number of nitrogens with one attached hydrogen (secondary N) is 2. The van der Waals surface area contributed by atoms with Crippen LogP contribution in [0.3, 0.4) is 0 Å². The average molecular weight is 288 g/mol. The Labute approximate surface area is 124 Å². The van der Waals surface area contributed by atoms with Crippen LogP contribution in [0.2, 0.25) is 0 Å². The number of benzene rings is 1. The zero-order chi connectivity index (χ0) is 14.7. The second kappa shape index (κ2) is 6.26. The fourth-order valence-electron chi connectivity index (χ4n) is 2.38. The highest BCUT2D eigenvalue weighted by Crippen LogP contribution is 2.19. The second-order valence-corrected chi connectivity index (χ2v) is 5.67. The Morgan fingerprint density at radius 3 is 2.29 bits per heavy atom. The minimum atomic E-state index is -0.125. The van der Waals surface area contributed by atoms with Crippen molar-refractivity contribution in [3.05, 3.63) is 35.4 Å². The van der Waals surface area contributed by atoms with Crippen molar-refractivity contribution in [2.24, 2.45) is 0 Å². The summed E-state index contributed by atoms with van der Waals surface area (Å²) in [5.41, 5.74) is 1.16. The number of amides is 2. The first-order chi connectivity index (χ1) is 10.2. The van der Waals surface area contributed by atoms with Gasteiger partial charge in [0.05, 0.1) is 6.10 Å². The zero-order valence-electron chi connectivity index (χ0n) is 11.9. The molecule has 1 atom stereocenters. The third-order valence-corrected chi connectivity index (χ3v) is 3.84. The lowest BCUT2D eigenvalue weighted by Crippen LogP contribution is -2.31. The summed E-state index contributed by atoms with van der Waals surface area (Å²) in [4.78, 5) is 23.9. The first kappa shape index (κ1) is 14.1. The van der Waals surface area contributed by atoms with Gasteiger partial charge in [0.1, 0.15) is 0 Å². The number of carbonyl (C=O) groups excluding carboxylic acids is 2. The molecule has 1 unspecified atom stereocenters. The Morgan fingerprint density at radius 1 is 1.05 bits per heavy atom. The molecule has 1 aromatic carbocycles. The van der Waals surface area contributed by atoms with Gasteiger partial charge in [-0.1, -0.05) is 0 Å². The number of ether oxygens (including phenoxy) is 1. The number of hydrogen-bond acceptors (Lipinski definition) is 3. The lowest BCUT2D eigenvalue weighted by atomic mass is 10.1. The van der Waals surface area contributed by atoms with Gasteiger partial charge in [0.15, 0.2) is 0 Å². The molecule has 3 rings (SSSR count). The van der Waals surface area contributed by atoms with Crippen LogP contribution in [0.4, 0.5) is 0 Å². The normalized spacial score (nSPS) is 21.0. The van der Waals surface area contributed by atoms with Crippen LogP contribution >= 0.6 is 0 Å². The molecule has 112 valence electrons. The molecule has 0 bridgehead atoms. The van der Waals surface area contributed by atoms with Gasteiger partial charge in [-0.3, -0.25) is 9.59 Å². The third kappa shape index (κ3) is 3.82. The van der Waals surface area contributed by atoms with Gasteiger partial charge in [0.2, 0.25) is 0 Å². The molecule has 1 aliphatic carbocycles. The standard InChI is InChI=1S/C16H20N2O3/c19-15(17-10-14-2-1-9-21-14)11-3-5-12(6-4-11)16(20)18-13-7-8-13/h3-6,13-14H,1-2,7-10H2,(H,17,19)(H,18,20). The van der Waals surface area contributed by atoms with E-state index < -0.39 is 0 Å². The molecule has 2 N–H and O–H groups in total. The van der Waals surface area contributed by atoms with E-state index >= 15 is 0 Å². The molecule has 5 nitrogen and oxygen atoms in total. The van der Waals surface area contributed by atoms with Crippen LogP contribution in [0.1, 0.15) is 46.4 Å². The largest absolute Gasteiger partial charge is 0.376 e. The minimum Gasteiger partial charge on any atom is -0.376 e. The molecule has 2 aliphatic rings. The molecule has 1 aromatic rings. The van der Waals surface area contributed by atoms with Gasteiger partial charge in [-0.05, 0) is 49.9 Å². The molecular weight excluding hydrogens is 268 g/mol. The van der Waals surface area contributed by atoms with Crippen molar-refractivity contribution in [2.75, 3.05) is 13.2 Å². The first-order valence-electron chi connectivity index (χ1n) is 7.53. The lowest BCUT2D eigenvalue weighted by Gasteiger charge is -2.11. The van der Waals surface area contributed by atoms with Crippen molar-refractivity contribution in [3.8, 4) is 0 Å². The van der Waals surface area contributed by atoms with E-state index in [1.165, 1.54) is 0 Å². The Kier molecular flexibility index (Phi) is 4.20. The van der Waals surface area contributed by atoms with Crippen molar-refractivity contribution in [2.45, 2.75) is 37.8 Å². The molecule has 0 spiro atoms. The smallest absolute Gasteiger partial charge is 0.251 e. The molecule has 0 aromatic heterocycles. The quantitative estimate of drug-likeness (QED) is 0.862. The Morgan fingerprint density at radius 2 is 1.71 bits per heavy atom. The third-order valence-electron chi connectivity index (χ3n) is 3.84. The molecular formula is C16H20N2O3. The molecule has 0 radical (unpaired) electrons. The SMILES string of the molecule is O=C(NCC1CCCO1)c1ccc(C(=O)NC2CC2)cc1. The highest BCUT2D eigenvalue weighted by atomic mass is 16.5. The summed E-state index contributed by atoms with van der Waals surface area (Å²) >= 11 is 0. The van der Waals surface area contributed by atoms with E-state index in [-0.39, 0.29) is 17.9 Å². The van der Waals surface area contributed by atoms with Crippen molar-refractivity contribution >= 4 is 11.8 Å². The zero-order valence-corrected chi connectivity index (χ0v) is 11.9. The average Bonchev–Trinajstić information content (AvgIpc) is 3.16. The van der Waals surface area contributed by atoms with E-state index in [1.54, 1.807) is 24.3 Å². The summed E-state index contributed by atoms with van der Waals surface area (Å²) in [5, 5.41) is 5.79. The Hall–Kier alpha value is -1.88. The minimum absolute atomic E-state index is 0.0659. The topological polar surface area (TPSA) is 67.4 Å². The van der Waals surface area contributed by atoms with E-state index in [0.717, 1.165) is 32.3 Å². The van der Waals surface area contributed by atoms with Crippen LogP contribution in [0.15, 0.2) is 24.3 Å². The van der Waals surface area contributed by atoms with Gasteiger partial charge >= 0.3 is 0 Å². The maximum Gasteiger partial charge on any atom is 0.251 e. The van der Waals surface area contributed by atoms with Crippen LogP contribution in [0.5, 0.6) is 0 Å². The van der Waals surface area contributed by atoms with Crippen molar-refractivity contribution in [1.29, 1.82) is 0 Å². The van der Waals surface area contributed by atoms with E-state index in [0.29, 0.717) is 23.7 Å². The van der Waals surface area contributed by atoms with Crippen LogP contribution in [0.25, 0.3) is 0 Å². The Balaban J connectivity index is 1.52.